The number of furan rings is 1. The van der Waals surface area contributed by atoms with E-state index in [1.165, 1.54) is 0 Å². The van der Waals surface area contributed by atoms with E-state index in [0.717, 1.165) is 31.8 Å². The summed E-state index contributed by atoms with van der Waals surface area (Å²) < 4.78 is 10.7. The molecule has 0 saturated carbocycles. The van der Waals surface area contributed by atoms with Crippen LogP contribution in [0.15, 0.2) is 22.8 Å². The van der Waals surface area contributed by atoms with Crippen LogP contribution in [0.1, 0.15) is 33.0 Å². The van der Waals surface area contributed by atoms with Crippen LogP contribution < -0.4 is 5.32 Å². The molecule has 92 valence electrons. The fraction of sp³-hybridized carbons (Fsp3) is 0.692. The number of nitrogens with one attached hydrogen (secondary N) is 1. The maximum Gasteiger partial charge on any atom is 0.103 e. The van der Waals surface area contributed by atoms with Gasteiger partial charge in [-0.05, 0) is 39.3 Å². The summed E-state index contributed by atoms with van der Waals surface area (Å²) in [5.74, 6) is 1.06. The Morgan fingerprint density at radius 2 is 2.19 bits per heavy atom. The Hall–Kier alpha value is -0.800. The van der Waals surface area contributed by atoms with Gasteiger partial charge in [0.1, 0.15) is 5.76 Å². The molecule has 0 aliphatic rings. The van der Waals surface area contributed by atoms with Crippen molar-refractivity contribution in [2.45, 2.75) is 45.7 Å². The zero-order valence-electron chi connectivity index (χ0n) is 10.5. The molecule has 0 aromatic carbocycles. The number of hydrogen-bond donors (Lipinski definition) is 1. The number of ether oxygens (including phenoxy) is 1. The molecule has 3 nitrogen and oxygen atoms in total. The lowest BCUT2D eigenvalue weighted by Gasteiger charge is -2.19. The minimum Gasteiger partial charge on any atom is -0.469 e. The van der Waals surface area contributed by atoms with Crippen molar-refractivity contribution in [3.63, 3.8) is 0 Å². The van der Waals surface area contributed by atoms with Crippen molar-refractivity contribution in [2.75, 3.05) is 13.2 Å². The highest BCUT2D eigenvalue weighted by molar-refractivity contribution is 4.98. The summed E-state index contributed by atoms with van der Waals surface area (Å²) >= 11 is 0. The summed E-state index contributed by atoms with van der Waals surface area (Å²) in [7, 11) is 0. The average molecular weight is 225 g/mol. The van der Waals surface area contributed by atoms with Gasteiger partial charge in [-0.2, -0.15) is 0 Å². The van der Waals surface area contributed by atoms with Crippen molar-refractivity contribution in [1.29, 1.82) is 0 Å². The largest absolute Gasteiger partial charge is 0.469 e. The van der Waals surface area contributed by atoms with Crippen molar-refractivity contribution < 1.29 is 9.15 Å². The van der Waals surface area contributed by atoms with Crippen LogP contribution in [0, 0.1) is 0 Å². The molecule has 0 amide bonds. The van der Waals surface area contributed by atoms with Crippen LogP contribution in [0.25, 0.3) is 0 Å². The second-order valence-electron chi connectivity index (χ2n) is 4.25. The third-order valence-electron chi connectivity index (χ3n) is 2.54. The highest BCUT2D eigenvalue weighted by Crippen LogP contribution is 2.06. The molecular weight excluding hydrogens is 202 g/mol. The quantitative estimate of drug-likeness (QED) is 0.738. The smallest absolute Gasteiger partial charge is 0.103 e. The Labute approximate surface area is 98.2 Å². The van der Waals surface area contributed by atoms with Gasteiger partial charge in [0.2, 0.25) is 0 Å². The Morgan fingerprint density at radius 3 is 2.81 bits per heavy atom. The van der Waals surface area contributed by atoms with E-state index in [0.29, 0.717) is 12.1 Å². The Balaban J connectivity index is 2.12. The zero-order valence-corrected chi connectivity index (χ0v) is 10.5. The van der Waals surface area contributed by atoms with Crippen LogP contribution in [0.5, 0.6) is 0 Å². The topological polar surface area (TPSA) is 34.4 Å². The normalized spacial score (nSPS) is 14.9. The van der Waals surface area contributed by atoms with Gasteiger partial charge in [-0.3, -0.25) is 0 Å². The van der Waals surface area contributed by atoms with Crippen LogP contribution in [-0.4, -0.2) is 25.3 Å². The maximum atomic E-state index is 5.37. The van der Waals surface area contributed by atoms with E-state index in [2.05, 4.69) is 19.2 Å². The molecule has 0 bridgehead atoms. The van der Waals surface area contributed by atoms with Gasteiger partial charge in [0.15, 0.2) is 0 Å². The van der Waals surface area contributed by atoms with Gasteiger partial charge in [0.05, 0.1) is 12.9 Å². The molecule has 1 heterocycles. The fourth-order valence-electron chi connectivity index (χ4n) is 1.73. The SMILES string of the molecule is CCOCC(C)NC(C)CCc1ccco1. The third kappa shape index (κ3) is 5.33. The van der Waals surface area contributed by atoms with Crippen molar-refractivity contribution in [2.24, 2.45) is 0 Å². The first kappa shape index (κ1) is 13.3. The highest BCUT2D eigenvalue weighted by Gasteiger charge is 2.08. The second kappa shape index (κ2) is 7.47. The first-order valence-corrected chi connectivity index (χ1v) is 6.08. The van der Waals surface area contributed by atoms with Crippen molar-refractivity contribution in [3.05, 3.63) is 24.2 Å². The molecule has 0 fully saturated rings. The summed E-state index contributed by atoms with van der Waals surface area (Å²) in [6.07, 6.45) is 3.80. The lowest BCUT2D eigenvalue weighted by molar-refractivity contribution is 0.123. The van der Waals surface area contributed by atoms with Crippen LogP contribution in [0.4, 0.5) is 0 Å². The summed E-state index contributed by atoms with van der Waals surface area (Å²) in [4.78, 5) is 0. The molecule has 0 aliphatic carbocycles. The molecule has 0 radical (unpaired) electrons. The lowest BCUT2D eigenvalue weighted by Crippen LogP contribution is -2.37. The molecule has 0 saturated heterocycles. The molecule has 1 N–H and O–H groups in total. The predicted octanol–water partition coefficient (Wildman–Crippen LogP) is 2.62. The van der Waals surface area contributed by atoms with E-state index in [-0.39, 0.29) is 0 Å². The average Bonchev–Trinajstić information content (AvgIpc) is 2.76. The van der Waals surface area contributed by atoms with Crippen molar-refractivity contribution in [3.8, 4) is 0 Å². The molecule has 1 rings (SSSR count). The van der Waals surface area contributed by atoms with Gasteiger partial charge in [-0.15, -0.1) is 0 Å². The summed E-state index contributed by atoms with van der Waals surface area (Å²) in [5, 5.41) is 3.51. The van der Waals surface area contributed by atoms with E-state index >= 15 is 0 Å². The molecule has 0 spiro atoms. The minimum atomic E-state index is 0.409. The molecule has 1 aromatic rings. The van der Waals surface area contributed by atoms with E-state index < -0.39 is 0 Å². The van der Waals surface area contributed by atoms with Gasteiger partial charge in [-0.25, -0.2) is 0 Å². The van der Waals surface area contributed by atoms with Gasteiger partial charge < -0.3 is 14.5 Å². The fourth-order valence-corrected chi connectivity index (χ4v) is 1.73. The maximum absolute atomic E-state index is 5.37. The summed E-state index contributed by atoms with van der Waals surface area (Å²) in [6, 6.07) is 4.86. The monoisotopic (exact) mass is 225 g/mol. The standard InChI is InChI=1S/C13H23NO2/c1-4-15-10-12(3)14-11(2)7-8-13-6-5-9-16-13/h5-6,9,11-12,14H,4,7-8,10H2,1-3H3. The number of rotatable bonds is 8. The van der Waals surface area contributed by atoms with Crippen LogP contribution in [0.3, 0.4) is 0 Å². The lowest BCUT2D eigenvalue weighted by atomic mass is 10.1. The van der Waals surface area contributed by atoms with E-state index in [9.17, 15) is 0 Å². The van der Waals surface area contributed by atoms with Crippen molar-refractivity contribution in [1.82, 2.24) is 5.32 Å². The molecular formula is C13H23NO2. The third-order valence-corrected chi connectivity index (χ3v) is 2.54. The van der Waals surface area contributed by atoms with E-state index in [1.54, 1.807) is 6.26 Å². The number of aryl methyl sites for hydroxylation is 1. The highest BCUT2D eigenvalue weighted by atomic mass is 16.5. The van der Waals surface area contributed by atoms with Crippen molar-refractivity contribution >= 4 is 0 Å². The van der Waals surface area contributed by atoms with Gasteiger partial charge in [0, 0.05) is 25.1 Å². The molecule has 16 heavy (non-hydrogen) atoms. The Morgan fingerprint density at radius 1 is 1.38 bits per heavy atom. The first-order chi connectivity index (χ1) is 7.72. The molecule has 2 atom stereocenters. The summed E-state index contributed by atoms with van der Waals surface area (Å²) in [5.41, 5.74) is 0. The second-order valence-corrected chi connectivity index (χ2v) is 4.25. The molecule has 1 aromatic heterocycles. The molecule has 2 unspecified atom stereocenters. The Kier molecular flexibility index (Phi) is 6.19. The molecule has 3 heteroatoms. The zero-order chi connectivity index (χ0) is 11.8. The van der Waals surface area contributed by atoms with E-state index in [1.807, 2.05) is 19.1 Å². The van der Waals surface area contributed by atoms with E-state index in [4.69, 9.17) is 9.15 Å². The minimum absolute atomic E-state index is 0.409. The van der Waals surface area contributed by atoms with Crippen LogP contribution in [0.2, 0.25) is 0 Å². The predicted molar refractivity (Wildman–Crippen MR) is 65.6 cm³/mol. The van der Waals surface area contributed by atoms with Gasteiger partial charge in [0.25, 0.3) is 0 Å². The van der Waals surface area contributed by atoms with Crippen LogP contribution in [-0.2, 0) is 11.2 Å². The van der Waals surface area contributed by atoms with Gasteiger partial charge in [-0.1, -0.05) is 0 Å². The van der Waals surface area contributed by atoms with Gasteiger partial charge >= 0.3 is 0 Å². The Bertz CT molecular complexity index is 259. The summed E-state index contributed by atoms with van der Waals surface area (Å²) in [6.45, 7) is 7.94. The number of hydrogen-bond acceptors (Lipinski definition) is 3. The molecule has 0 aliphatic heterocycles. The van der Waals surface area contributed by atoms with Crippen LogP contribution >= 0.6 is 0 Å². The first-order valence-electron chi connectivity index (χ1n) is 6.08.